The average molecular weight is 279 g/mol. The van der Waals surface area contributed by atoms with Crippen LogP contribution in [0.15, 0.2) is 17.6 Å². The molecule has 1 aliphatic heterocycles. The van der Waals surface area contributed by atoms with Crippen molar-refractivity contribution in [2.24, 2.45) is 0 Å². The number of aromatic nitrogens is 3. The van der Waals surface area contributed by atoms with Crippen LogP contribution in [0, 0.1) is 0 Å². The zero-order valence-corrected chi connectivity index (χ0v) is 11.6. The van der Waals surface area contributed by atoms with Crippen molar-refractivity contribution in [1.82, 2.24) is 14.8 Å². The van der Waals surface area contributed by atoms with Gasteiger partial charge >= 0.3 is 0 Å². The van der Waals surface area contributed by atoms with Crippen LogP contribution < -0.4 is 0 Å². The predicted molar refractivity (Wildman–Crippen MR) is 72.0 cm³/mol. The summed E-state index contributed by atoms with van der Waals surface area (Å²) in [6.45, 7) is 3.19. The number of hydrogen-bond acceptors (Lipinski definition) is 5. The molecule has 0 amide bonds. The molecule has 1 aliphatic rings. The second kappa shape index (κ2) is 5.40. The first-order valence-corrected chi connectivity index (χ1v) is 7.37. The molecule has 0 saturated carbocycles. The third-order valence-corrected chi connectivity index (χ3v) is 4.17. The standard InChI is InChI=1S/C13H17N3O2S/c1-9(17)11-4-5-16(15-11)7-10-8-19-13(14-10)12-3-2-6-18-12/h4-5,8-9,12,17H,2-3,6-7H2,1H3/t9-,12-/m0/s1. The number of aliphatic hydroxyl groups is 1. The Labute approximate surface area is 115 Å². The highest BCUT2D eigenvalue weighted by molar-refractivity contribution is 7.09. The van der Waals surface area contributed by atoms with Gasteiger partial charge in [-0.1, -0.05) is 0 Å². The van der Waals surface area contributed by atoms with Gasteiger partial charge in [0.1, 0.15) is 11.1 Å². The summed E-state index contributed by atoms with van der Waals surface area (Å²) in [5, 5.41) is 16.9. The summed E-state index contributed by atoms with van der Waals surface area (Å²) in [5.74, 6) is 0. The Balaban J connectivity index is 1.68. The van der Waals surface area contributed by atoms with Gasteiger partial charge in [-0.05, 0) is 25.8 Å². The third kappa shape index (κ3) is 2.86. The molecule has 1 N–H and O–H groups in total. The molecule has 19 heavy (non-hydrogen) atoms. The lowest BCUT2D eigenvalue weighted by Gasteiger charge is -2.03. The summed E-state index contributed by atoms with van der Waals surface area (Å²) in [6, 6.07) is 1.83. The van der Waals surface area contributed by atoms with Crippen molar-refractivity contribution >= 4 is 11.3 Å². The van der Waals surface area contributed by atoms with E-state index in [0.717, 1.165) is 30.2 Å². The molecule has 1 saturated heterocycles. The molecule has 0 radical (unpaired) electrons. The highest BCUT2D eigenvalue weighted by Crippen LogP contribution is 2.30. The normalized spacial score (nSPS) is 20.8. The zero-order chi connectivity index (χ0) is 13.2. The monoisotopic (exact) mass is 279 g/mol. The molecule has 3 rings (SSSR count). The number of hydrogen-bond donors (Lipinski definition) is 1. The molecule has 2 aromatic rings. The summed E-state index contributed by atoms with van der Waals surface area (Å²) in [4.78, 5) is 4.61. The van der Waals surface area contributed by atoms with E-state index in [1.165, 1.54) is 0 Å². The van der Waals surface area contributed by atoms with Gasteiger partial charge in [0.15, 0.2) is 0 Å². The van der Waals surface area contributed by atoms with Crippen LogP contribution in [0.5, 0.6) is 0 Å². The molecule has 0 spiro atoms. The number of ether oxygens (including phenoxy) is 1. The summed E-state index contributed by atoms with van der Waals surface area (Å²) in [7, 11) is 0. The highest BCUT2D eigenvalue weighted by Gasteiger charge is 2.20. The van der Waals surface area contributed by atoms with Crippen LogP contribution in [0.1, 0.15) is 48.4 Å². The van der Waals surface area contributed by atoms with Gasteiger partial charge in [-0.3, -0.25) is 4.68 Å². The van der Waals surface area contributed by atoms with E-state index in [0.29, 0.717) is 12.2 Å². The molecule has 0 aliphatic carbocycles. The first kappa shape index (κ1) is 12.8. The zero-order valence-electron chi connectivity index (χ0n) is 10.8. The smallest absolute Gasteiger partial charge is 0.122 e. The van der Waals surface area contributed by atoms with Gasteiger partial charge in [0.05, 0.1) is 24.0 Å². The molecule has 0 bridgehead atoms. The van der Waals surface area contributed by atoms with Gasteiger partial charge in [-0.15, -0.1) is 11.3 Å². The lowest BCUT2D eigenvalue weighted by atomic mass is 10.2. The molecule has 2 aromatic heterocycles. The Morgan fingerprint density at radius 2 is 2.53 bits per heavy atom. The van der Waals surface area contributed by atoms with E-state index in [4.69, 9.17) is 4.74 Å². The minimum atomic E-state index is -0.529. The maximum atomic E-state index is 9.44. The summed E-state index contributed by atoms with van der Waals surface area (Å²) in [5.41, 5.74) is 1.69. The summed E-state index contributed by atoms with van der Waals surface area (Å²) < 4.78 is 7.43. The van der Waals surface area contributed by atoms with Crippen LogP contribution in [0.4, 0.5) is 0 Å². The fourth-order valence-corrected chi connectivity index (χ4v) is 3.06. The fraction of sp³-hybridized carbons (Fsp3) is 0.538. The molecule has 0 aromatic carbocycles. The summed E-state index contributed by atoms with van der Waals surface area (Å²) >= 11 is 1.65. The van der Waals surface area contributed by atoms with E-state index < -0.39 is 6.10 Å². The van der Waals surface area contributed by atoms with E-state index in [2.05, 4.69) is 15.5 Å². The Bertz CT molecular complexity index is 544. The average Bonchev–Trinajstić information content (AvgIpc) is 3.09. The van der Waals surface area contributed by atoms with Crippen molar-refractivity contribution in [2.75, 3.05) is 6.61 Å². The molecular formula is C13H17N3O2S. The van der Waals surface area contributed by atoms with Crippen molar-refractivity contribution < 1.29 is 9.84 Å². The van der Waals surface area contributed by atoms with Crippen molar-refractivity contribution in [3.8, 4) is 0 Å². The van der Waals surface area contributed by atoms with E-state index >= 15 is 0 Å². The van der Waals surface area contributed by atoms with Crippen molar-refractivity contribution in [2.45, 2.75) is 38.5 Å². The van der Waals surface area contributed by atoms with Crippen LogP contribution in [0.2, 0.25) is 0 Å². The maximum Gasteiger partial charge on any atom is 0.122 e. The molecule has 5 nitrogen and oxygen atoms in total. The third-order valence-electron chi connectivity index (χ3n) is 3.19. The van der Waals surface area contributed by atoms with Gasteiger partial charge in [0.2, 0.25) is 0 Å². The first-order chi connectivity index (χ1) is 9.22. The molecule has 2 atom stereocenters. The van der Waals surface area contributed by atoms with Crippen molar-refractivity contribution in [3.05, 3.63) is 34.0 Å². The fourth-order valence-electron chi connectivity index (χ4n) is 2.17. The molecule has 0 unspecified atom stereocenters. The Hall–Kier alpha value is -1.24. The van der Waals surface area contributed by atoms with Gasteiger partial charge < -0.3 is 9.84 Å². The Morgan fingerprint density at radius 1 is 1.63 bits per heavy atom. The minimum Gasteiger partial charge on any atom is -0.387 e. The van der Waals surface area contributed by atoms with E-state index in [1.54, 1.807) is 22.9 Å². The van der Waals surface area contributed by atoms with Gasteiger partial charge in [-0.25, -0.2) is 4.98 Å². The Morgan fingerprint density at radius 3 is 3.21 bits per heavy atom. The number of rotatable bonds is 4. The lowest BCUT2D eigenvalue weighted by molar-refractivity contribution is 0.111. The topological polar surface area (TPSA) is 60.2 Å². The second-order valence-corrected chi connectivity index (χ2v) is 5.68. The Kier molecular flexibility index (Phi) is 3.63. The van der Waals surface area contributed by atoms with Crippen molar-refractivity contribution in [1.29, 1.82) is 0 Å². The van der Waals surface area contributed by atoms with Crippen molar-refractivity contribution in [3.63, 3.8) is 0 Å². The van der Waals surface area contributed by atoms with Gasteiger partial charge in [0, 0.05) is 18.2 Å². The van der Waals surface area contributed by atoms with Gasteiger partial charge in [0.25, 0.3) is 0 Å². The second-order valence-electron chi connectivity index (χ2n) is 4.79. The first-order valence-electron chi connectivity index (χ1n) is 6.49. The number of nitrogens with zero attached hydrogens (tertiary/aromatic N) is 3. The van der Waals surface area contributed by atoms with Gasteiger partial charge in [-0.2, -0.15) is 5.10 Å². The van der Waals surface area contributed by atoms with E-state index in [-0.39, 0.29) is 6.10 Å². The van der Waals surface area contributed by atoms with Crippen LogP contribution in [-0.2, 0) is 11.3 Å². The predicted octanol–water partition coefficient (Wildman–Crippen LogP) is 2.29. The molecule has 6 heteroatoms. The van der Waals surface area contributed by atoms with Crippen LogP contribution in [0.25, 0.3) is 0 Å². The SMILES string of the molecule is C[C@H](O)c1ccn(Cc2csc([C@@H]3CCCO3)n2)n1. The minimum absolute atomic E-state index is 0.185. The lowest BCUT2D eigenvalue weighted by Crippen LogP contribution is -2.03. The number of aliphatic hydroxyl groups excluding tert-OH is 1. The summed E-state index contributed by atoms with van der Waals surface area (Å²) in [6.07, 6.45) is 3.72. The molecule has 1 fully saturated rings. The van der Waals surface area contributed by atoms with E-state index in [1.807, 2.05) is 12.3 Å². The van der Waals surface area contributed by atoms with E-state index in [9.17, 15) is 5.11 Å². The highest BCUT2D eigenvalue weighted by atomic mass is 32.1. The quantitative estimate of drug-likeness (QED) is 0.933. The van der Waals surface area contributed by atoms with Crippen LogP contribution >= 0.6 is 11.3 Å². The molecule has 102 valence electrons. The number of thiazole rings is 1. The largest absolute Gasteiger partial charge is 0.387 e. The molecular weight excluding hydrogens is 262 g/mol. The molecule has 3 heterocycles. The maximum absolute atomic E-state index is 9.44. The van der Waals surface area contributed by atoms with Crippen LogP contribution in [-0.4, -0.2) is 26.5 Å². The van der Waals surface area contributed by atoms with Crippen LogP contribution in [0.3, 0.4) is 0 Å².